The second-order valence-corrected chi connectivity index (χ2v) is 8.20. The van der Waals surface area contributed by atoms with Crippen LogP contribution in [0.15, 0.2) is 93.5 Å². The number of thiazole rings is 1. The average Bonchev–Trinajstić information content (AvgIpc) is 3.28. The van der Waals surface area contributed by atoms with Gasteiger partial charge in [0.2, 0.25) is 0 Å². The zero-order valence-corrected chi connectivity index (χ0v) is 17.8. The molecule has 0 amide bonds. The maximum Gasteiger partial charge on any atom is 0.346 e. The first-order valence-corrected chi connectivity index (χ1v) is 10.9. The highest BCUT2D eigenvalue weighted by Crippen LogP contribution is 2.30. The summed E-state index contributed by atoms with van der Waals surface area (Å²) >= 11 is 7.60. The number of aromatic nitrogens is 1. The first kappa shape index (κ1) is 19.5. The summed E-state index contributed by atoms with van der Waals surface area (Å²) in [6, 6.07) is 24.6. The van der Waals surface area contributed by atoms with Crippen molar-refractivity contribution in [2.24, 2.45) is 0 Å². The molecule has 0 unspecified atom stereocenters. The van der Waals surface area contributed by atoms with Gasteiger partial charge in [0.05, 0.1) is 11.3 Å². The van der Waals surface area contributed by atoms with E-state index in [0.29, 0.717) is 33.5 Å². The van der Waals surface area contributed by atoms with Crippen molar-refractivity contribution < 1.29 is 9.15 Å². The van der Waals surface area contributed by atoms with Crippen LogP contribution in [-0.2, 0) is 6.61 Å². The van der Waals surface area contributed by atoms with Gasteiger partial charge >= 0.3 is 5.63 Å². The second kappa shape index (κ2) is 8.38. The van der Waals surface area contributed by atoms with Crippen LogP contribution < -0.4 is 10.4 Å². The summed E-state index contributed by atoms with van der Waals surface area (Å²) in [7, 11) is 0. The smallest absolute Gasteiger partial charge is 0.346 e. The molecule has 0 aliphatic rings. The van der Waals surface area contributed by atoms with E-state index in [1.807, 2.05) is 78.2 Å². The third-order valence-electron chi connectivity index (χ3n) is 4.86. The molecule has 5 aromatic rings. The van der Waals surface area contributed by atoms with Crippen LogP contribution in [0.4, 0.5) is 0 Å². The van der Waals surface area contributed by atoms with E-state index in [1.54, 1.807) is 6.07 Å². The number of nitrogens with zero attached hydrogens (tertiary/aromatic N) is 1. The third-order valence-corrected chi connectivity index (χ3v) is 6.11. The Morgan fingerprint density at radius 3 is 2.61 bits per heavy atom. The molecule has 0 bridgehead atoms. The molecule has 0 aliphatic heterocycles. The lowest BCUT2D eigenvalue weighted by Gasteiger charge is -2.08. The largest absolute Gasteiger partial charge is 0.489 e. The quantitative estimate of drug-likeness (QED) is 0.278. The summed E-state index contributed by atoms with van der Waals surface area (Å²) in [5.74, 6) is 0.601. The van der Waals surface area contributed by atoms with Crippen molar-refractivity contribution in [3.8, 4) is 27.6 Å². The highest BCUT2D eigenvalue weighted by atomic mass is 35.5. The maximum atomic E-state index is 12.7. The summed E-state index contributed by atoms with van der Waals surface area (Å²) in [5.41, 5.74) is 3.22. The Labute approximate surface area is 187 Å². The van der Waals surface area contributed by atoms with E-state index in [0.717, 1.165) is 22.2 Å². The normalized spacial score (nSPS) is 11.0. The van der Waals surface area contributed by atoms with Gasteiger partial charge in [-0.1, -0.05) is 60.1 Å². The molecule has 31 heavy (non-hydrogen) atoms. The molecule has 0 aliphatic carbocycles. The van der Waals surface area contributed by atoms with E-state index in [9.17, 15) is 4.79 Å². The Balaban J connectivity index is 1.43. The molecule has 6 heteroatoms. The first-order valence-electron chi connectivity index (χ1n) is 9.63. The van der Waals surface area contributed by atoms with Gasteiger partial charge in [-0.15, -0.1) is 11.3 Å². The molecule has 0 N–H and O–H groups in total. The lowest BCUT2D eigenvalue weighted by molar-refractivity contribution is 0.306. The topological polar surface area (TPSA) is 52.3 Å². The number of hydrogen-bond donors (Lipinski definition) is 0. The Morgan fingerprint density at radius 1 is 0.968 bits per heavy atom. The summed E-state index contributed by atoms with van der Waals surface area (Å²) in [6.07, 6.45) is 0. The fourth-order valence-corrected chi connectivity index (χ4v) is 4.27. The first-order chi connectivity index (χ1) is 15.2. The molecule has 152 valence electrons. The van der Waals surface area contributed by atoms with Crippen LogP contribution in [0, 0.1) is 0 Å². The molecule has 3 aromatic carbocycles. The molecule has 0 fully saturated rings. The molecular formula is C25H16ClNO3S. The van der Waals surface area contributed by atoms with Crippen LogP contribution in [0.1, 0.15) is 5.56 Å². The van der Waals surface area contributed by atoms with E-state index in [1.165, 1.54) is 11.3 Å². The van der Waals surface area contributed by atoms with Gasteiger partial charge in [-0.25, -0.2) is 9.78 Å². The molecule has 0 radical (unpaired) electrons. The van der Waals surface area contributed by atoms with E-state index >= 15 is 0 Å². The molecular weight excluding hydrogens is 430 g/mol. The van der Waals surface area contributed by atoms with Crippen LogP contribution >= 0.6 is 22.9 Å². The van der Waals surface area contributed by atoms with Crippen molar-refractivity contribution in [2.75, 3.05) is 0 Å². The molecule has 0 spiro atoms. The van der Waals surface area contributed by atoms with Crippen LogP contribution in [0.2, 0.25) is 5.02 Å². The van der Waals surface area contributed by atoms with Gasteiger partial charge in [-0.3, -0.25) is 0 Å². The molecule has 2 heterocycles. The summed E-state index contributed by atoms with van der Waals surface area (Å²) < 4.78 is 11.4. The lowest BCUT2D eigenvalue weighted by atomic mass is 10.1. The highest BCUT2D eigenvalue weighted by molar-refractivity contribution is 7.13. The minimum atomic E-state index is -0.426. The summed E-state index contributed by atoms with van der Waals surface area (Å²) in [4.78, 5) is 17.3. The SMILES string of the molecule is O=c1oc2cc(OCc3ccccc3Cl)ccc2cc1-c1nc(-c2ccccc2)cs1. The Hall–Kier alpha value is -3.41. The van der Waals surface area contributed by atoms with Gasteiger partial charge < -0.3 is 9.15 Å². The standard InChI is InChI=1S/C25H16ClNO3S/c26-21-9-5-4-8-18(21)14-29-19-11-10-17-12-20(25(28)30-23(17)13-19)24-27-22(15-31-24)16-6-2-1-3-7-16/h1-13,15H,14H2. The van der Waals surface area contributed by atoms with E-state index < -0.39 is 5.63 Å². The molecule has 5 rings (SSSR count). The minimum absolute atomic E-state index is 0.328. The number of halogens is 1. The van der Waals surface area contributed by atoms with Gasteiger partial charge in [0.1, 0.15) is 22.9 Å². The van der Waals surface area contributed by atoms with Crippen molar-refractivity contribution in [1.29, 1.82) is 0 Å². The minimum Gasteiger partial charge on any atom is -0.489 e. The predicted octanol–water partition coefficient (Wildman–Crippen LogP) is 6.82. The molecule has 0 atom stereocenters. The second-order valence-electron chi connectivity index (χ2n) is 6.93. The average molecular weight is 446 g/mol. The molecule has 0 saturated carbocycles. The van der Waals surface area contributed by atoms with Crippen LogP contribution in [0.25, 0.3) is 32.8 Å². The molecule has 0 saturated heterocycles. The van der Waals surface area contributed by atoms with E-state index in [-0.39, 0.29) is 0 Å². The monoisotopic (exact) mass is 445 g/mol. The zero-order chi connectivity index (χ0) is 21.2. The van der Waals surface area contributed by atoms with Gasteiger partial charge in [-0.05, 0) is 24.3 Å². The van der Waals surface area contributed by atoms with E-state index in [4.69, 9.17) is 20.8 Å². The van der Waals surface area contributed by atoms with Crippen molar-refractivity contribution >= 4 is 33.9 Å². The van der Waals surface area contributed by atoms with Crippen LogP contribution in [0.3, 0.4) is 0 Å². The van der Waals surface area contributed by atoms with Gasteiger partial charge in [0.15, 0.2) is 0 Å². The highest BCUT2D eigenvalue weighted by Gasteiger charge is 2.13. The fraction of sp³-hybridized carbons (Fsp3) is 0.0400. The summed E-state index contributed by atoms with van der Waals surface area (Å²) in [5, 5.41) is 4.03. The predicted molar refractivity (Wildman–Crippen MR) is 125 cm³/mol. The number of benzene rings is 3. The maximum absolute atomic E-state index is 12.7. The van der Waals surface area contributed by atoms with Gasteiger partial charge in [-0.2, -0.15) is 0 Å². The van der Waals surface area contributed by atoms with Crippen molar-refractivity contribution in [1.82, 2.24) is 4.98 Å². The lowest BCUT2D eigenvalue weighted by Crippen LogP contribution is -2.03. The number of hydrogen-bond acceptors (Lipinski definition) is 5. The van der Waals surface area contributed by atoms with Gasteiger partial charge in [0, 0.05) is 33.0 Å². The zero-order valence-electron chi connectivity index (χ0n) is 16.2. The third kappa shape index (κ3) is 4.10. The van der Waals surface area contributed by atoms with Crippen LogP contribution in [0.5, 0.6) is 5.75 Å². The van der Waals surface area contributed by atoms with Crippen molar-refractivity contribution in [2.45, 2.75) is 6.61 Å². The number of rotatable bonds is 5. The Kier molecular flexibility index (Phi) is 5.28. The van der Waals surface area contributed by atoms with Gasteiger partial charge in [0.25, 0.3) is 0 Å². The van der Waals surface area contributed by atoms with Crippen molar-refractivity contribution in [3.63, 3.8) is 0 Å². The Bertz CT molecular complexity index is 1430. The molecule has 4 nitrogen and oxygen atoms in total. The molecule has 2 aromatic heterocycles. The number of fused-ring (bicyclic) bond motifs is 1. The fourth-order valence-electron chi connectivity index (χ4n) is 3.25. The summed E-state index contributed by atoms with van der Waals surface area (Å²) in [6.45, 7) is 0.328. The van der Waals surface area contributed by atoms with Crippen molar-refractivity contribution in [3.05, 3.63) is 105 Å². The number of ether oxygens (including phenoxy) is 1. The Morgan fingerprint density at radius 2 is 1.77 bits per heavy atom. The van der Waals surface area contributed by atoms with Crippen LogP contribution in [-0.4, -0.2) is 4.98 Å². The van der Waals surface area contributed by atoms with E-state index in [2.05, 4.69) is 4.98 Å².